The van der Waals surface area contributed by atoms with Crippen molar-refractivity contribution < 1.29 is 9.59 Å². The summed E-state index contributed by atoms with van der Waals surface area (Å²) >= 11 is 6.86. The van der Waals surface area contributed by atoms with Crippen LogP contribution in [-0.4, -0.2) is 16.2 Å². The van der Waals surface area contributed by atoms with Gasteiger partial charge in [0.15, 0.2) is 0 Å². The molecule has 0 atom stereocenters. The minimum Gasteiger partial charge on any atom is -0.273 e. The molecule has 2 amide bonds. The fourth-order valence-corrected chi connectivity index (χ4v) is 1.40. The molecule has 13 heavy (non-hydrogen) atoms. The molecule has 0 saturated carbocycles. The smallest absolute Gasteiger partial charge is 0.244 e. The molecular formula is C8H8ClNO2S. The van der Waals surface area contributed by atoms with Gasteiger partial charge in [0, 0.05) is 24.6 Å². The van der Waals surface area contributed by atoms with Gasteiger partial charge < -0.3 is 0 Å². The Hall–Kier alpha value is -0.870. The van der Waals surface area contributed by atoms with Gasteiger partial charge in [-0.25, -0.2) is 0 Å². The number of carbonyl (C=O) groups is 2. The Morgan fingerprint density at radius 1 is 1.15 bits per heavy atom. The normalized spacial score (nSPS) is 15.6. The zero-order valence-corrected chi connectivity index (χ0v) is 8.35. The first kappa shape index (κ1) is 10.2. The molecule has 0 spiro atoms. The van der Waals surface area contributed by atoms with Crippen molar-refractivity contribution in [1.82, 2.24) is 4.42 Å². The van der Waals surface area contributed by atoms with E-state index in [1.165, 1.54) is 0 Å². The highest BCUT2D eigenvalue weighted by Crippen LogP contribution is 2.12. The first-order chi connectivity index (χ1) is 6.22. The topological polar surface area (TPSA) is 37.4 Å². The molecule has 1 fully saturated rings. The lowest BCUT2D eigenvalue weighted by molar-refractivity contribution is -0.132. The van der Waals surface area contributed by atoms with Crippen molar-refractivity contribution >= 4 is 34.9 Å². The van der Waals surface area contributed by atoms with Crippen molar-refractivity contribution in [1.29, 1.82) is 0 Å². The van der Waals surface area contributed by atoms with Gasteiger partial charge in [0.25, 0.3) is 0 Å². The van der Waals surface area contributed by atoms with Crippen LogP contribution in [0.2, 0.25) is 0 Å². The number of thiophene rings is 1. The summed E-state index contributed by atoms with van der Waals surface area (Å²) < 4.78 is 0.639. The Balaban J connectivity index is 0.000000145. The number of nitrogens with zero attached hydrogens (tertiary/aromatic N) is 1. The second-order valence-electron chi connectivity index (χ2n) is 2.36. The number of imide groups is 1. The zero-order chi connectivity index (χ0) is 9.68. The third kappa shape index (κ3) is 3.16. The van der Waals surface area contributed by atoms with Gasteiger partial charge in [-0.05, 0) is 10.8 Å². The van der Waals surface area contributed by atoms with Crippen molar-refractivity contribution in [3.05, 3.63) is 22.9 Å². The molecule has 1 aromatic rings. The Bertz CT molecular complexity index is 253. The fraction of sp³-hybridized carbons (Fsp3) is 0.250. The largest absolute Gasteiger partial charge is 0.273 e. The van der Waals surface area contributed by atoms with E-state index in [1.807, 2.05) is 22.9 Å². The summed E-state index contributed by atoms with van der Waals surface area (Å²) in [7, 11) is 0. The van der Waals surface area contributed by atoms with Gasteiger partial charge >= 0.3 is 0 Å². The second-order valence-corrected chi connectivity index (χ2v) is 3.52. The molecule has 0 aliphatic carbocycles. The van der Waals surface area contributed by atoms with Crippen LogP contribution in [0.15, 0.2) is 22.9 Å². The maximum absolute atomic E-state index is 10.4. The van der Waals surface area contributed by atoms with Crippen LogP contribution in [0.5, 0.6) is 0 Å². The Labute approximate surface area is 85.0 Å². The van der Waals surface area contributed by atoms with E-state index in [0.29, 0.717) is 4.42 Å². The lowest BCUT2D eigenvalue weighted by atomic mass is 10.4. The molecule has 70 valence electrons. The Morgan fingerprint density at radius 3 is 1.77 bits per heavy atom. The summed E-state index contributed by atoms with van der Waals surface area (Å²) in [5.74, 6) is -0.590. The molecule has 2 rings (SSSR count). The lowest BCUT2D eigenvalue weighted by Crippen LogP contribution is -2.16. The van der Waals surface area contributed by atoms with Gasteiger partial charge in [-0.2, -0.15) is 15.8 Å². The second kappa shape index (κ2) is 4.99. The number of rotatable bonds is 0. The van der Waals surface area contributed by atoms with Gasteiger partial charge in [0.2, 0.25) is 11.8 Å². The Morgan fingerprint density at radius 2 is 1.62 bits per heavy atom. The molecule has 0 N–H and O–H groups in total. The van der Waals surface area contributed by atoms with Gasteiger partial charge in [-0.15, -0.1) is 0 Å². The van der Waals surface area contributed by atoms with Crippen LogP contribution >= 0.6 is 23.1 Å². The SMILES string of the molecule is O=C1CCC(=O)N1Cl.c1ccsc1. The highest BCUT2D eigenvalue weighted by molar-refractivity contribution is 7.07. The summed E-state index contributed by atoms with van der Waals surface area (Å²) in [4.78, 5) is 20.7. The first-order valence-electron chi connectivity index (χ1n) is 3.70. The molecule has 1 aliphatic heterocycles. The predicted octanol–water partition coefficient (Wildman–Crippen LogP) is 2.04. The van der Waals surface area contributed by atoms with Gasteiger partial charge in [0.05, 0.1) is 0 Å². The third-order valence-electron chi connectivity index (χ3n) is 1.42. The van der Waals surface area contributed by atoms with Crippen LogP contribution in [0.1, 0.15) is 12.8 Å². The minimum atomic E-state index is -0.295. The molecular weight excluding hydrogens is 210 g/mol. The monoisotopic (exact) mass is 217 g/mol. The van der Waals surface area contributed by atoms with Gasteiger partial charge in [-0.1, -0.05) is 12.1 Å². The fourth-order valence-electron chi connectivity index (χ4n) is 0.776. The van der Waals surface area contributed by atoms with Crippen molar-refractivity contribution in [3.8, 4) is 0 Å². The van der Waals surface area contributed by atoms with Crippen LogP contribution in [0, 0.1) is 0 Å². The molecule has 5 heteroatoms. The van der Waals surface area contributed by atoms with Crippen molar-refractivity contribution in [2.45, 2.75) is 12.8 Å². The van der Waals surface area contributed by atoms with E-state index in [1.54, 1.807) is 11.3 Å². The molecule has 1 saturated heterocycles. The van der Waals surface area contributed by atoms with Crippen LogP contribution in [0.4, 0.5) is 0 Å². The van der Waals surface area contributed by atoms with Gasteiger partial charge in [-0.3, -0.25) is 9.59 Å². The number of amides is 2. The van der Waals surface area contributed by atoms with E-state index in [9.17, 15) is 9.59 Å². The van der Waals surface area contributed by atoms with E-state index in [-0.39, 0.29) is 24.7 Å². The van der Waals surface area contributed by atoms with Crippen LogP contribution < -0.4 is 0 Å². The van der Waals surface area contributed by atoms with Crippen LogP contribution in [0.3, 0.4) is 0 Å². The standard InChI is InChI=1S/C4H4ClNO2.C4H4S/c5-6-3(7)1-2-4(6)8;1-2-4-5-3-1/h1-2H2;1-4H. The molecule has 1 aliphatic rings. The number of halogens is 1. The lowest BCUT2D eigenvalue weighted by Gasteiger charge is -1.96. The molecule has 0 aromatic carbocycles. The van der Waals surface area contributed by atoms with E-state index < -0.39 is 0 Å². The first-order valence-corrected chi connectivity index (χ1v) is 4.98. The third-order valence-corrected chi connectivity index (χ3v) is 2.42. The summed E-state index contributed by atoms with van der Waals surface area (Å²) in [5, 5.41) is 4.08. The molecule has 3 nitrogen and oxygen atoms in total. The molecule has 0 unspecified atom stereocenters. The van der Waals surface area contributed by atoms with Crippen molar-refractivity contribution in [2.24, 2.45) is 0 Å². The summed E-state index contributed by atoms with van der Waals surface area (Å²) in [6.45, 7) is 0. The summed E-state index contributed by atoms with van der Waals surface area (Å²) in [6, 6.07) is 4.04. The van der Waals surface area contributed by atoms with E-state index in [0.717, 1.165) is 0 Å². The highest BCUT2D eigenvalue weighted by atomic mass is 35.5. The highest BCUT2D eigenvalue weighted by Gasteiger charge is 2.26. The van der Waals surface area contributed by atoms with Gasteiger partial charge in [0.1, 0.15) is 0 Å². The minimum absolute atomic E-state index is 0.266. The number of hydrogen-bond acceptors (Lipinski definition) is 3. The van der Waals surface area contributed by atoms with E-state index >= 15 is 0 Å². The molecule has 0 bridgehead atoms. The Kier molecular flexibility index (Phi) is 3.92. The number of hydrogen-bond donors (Lipinski definition) is 0. The predicted molar refractivity (Wildman–Crippen MR) is 51.3 cm³/mol. The zero-order valence-electron chi connectivity index (χ0n) is 6.77. The quantitative estimate of drug-likeness (QED) is 0.493. The van der Waals surface area contributed by atoms with Crippen molar-refractivity contribution in [3.63, 3.8) is 0 Å². The molecule has 0 radical (unpaired) electrons. The van der Waals surface area contributed by atoms with Crippen molar-refractivity contribution in [2.75, 3.05) is 0 Å². The average Bonchev–Trinajstić information content (AvgIpc) is 2.75. The number of carbonyl (C=O) groups excluding carboxylic acids is 2. The molecule has 1 aromatic heterocycles. The summed E-state index contributed by atoms with van der Waals surface area (Å²) in [6.07, 6.45) is 0.532. The van der Waals surface area contributed by atoms with Crippen LogP contribution in [-0.2, 0) is 9.59 Å². The van der Waals surface area contributed by atoms with E-state index in [4.69, 9.17) is 11.8 Å². The van der Waals surface area contributed by atoms with Crippen LogP contribution in [0.25, 0.3) is 0 Å². The average molecular weight is 218 g/mol. The van der Waals surface area contributed by atoms with E-state index in [2.05, 4.69) is 0 Å². The maximum atomic E-state index is 10.4. The summed E-state index contributed by atoms with van der Waals surface area (Å²) in [5.41, 5.74) is 0. The maximum Gasteiger partial charge on any atom is 0.244 e. The molecule has 2 heterocycles.